The molecule has 0 bridgehead atoms. The summed E-state index contributed by atoms with van der Waals surface area (Å²) in [6.07, 6.45) is 8.33. The van der Waals surface area contributed by atoms with Crippen LogP contribution in [0.2, 0.25) is 0 Å². The largest absolute Gasteiger partial charge is 0.356 e. The summed E-state index contributed by atoms with van der Waals surface area (Å²) in [5.74, 6) is 2.57. The molecule has 2 N–H and O–H groups in total. The Bertz CT molecular complexity index is 685. The number of unbranched alkanes of at least 4 members (excludes halogenated alkanes) is 1. The molecule has 1 aromatic heterocycles. The fraction of sp³-hybridized carbons (Fsp3) is 0.545. The lowest BCUT2D eigenvalue weighted by Gasteiger charge is -2.12. The van der Waals surface area contributed by atoms with Gasteiger partial charge in [-0.15, -0.1) is 0 Å². The number of aryl methyl sites for hydroxylation is 3. The summed E-state index contributed by atoms with van der Waals surface area (Å²) in [6.45, 7) is 9.40. The number of hydrogen-bond donors (Lipinski definition) is 2. The van der Waals surface area contributed by atoms with Crippen LogP contribution in [0.3, 0.4) is 0 Å². The van der Waals surface area contributed by atoms with E-state index in [4.69, 9.17) is 0 Å². The summed E-state index contributed by atoms with van der Waals surface area (Å²) in [5, 5.41) is 6.80. The number of benzene rings is 1. The van der Waals surface area contributed by atoms with E-state index in [1.807, 2.05) is 26.4 Å². The summed E-state index contributed by atoms with van der Waals surface area (Å²) in [7, 11) is 1.83. The standard InChI is InChI=1S/C22H35N5/c1-18(2)21-11-9-20(10-12-21)8-7-14-26-22(23-4)25-13-5-6-16-27-17-15-24-19(27)3/h9-12,15,17-18H,5-8,13-14,16H2,1-4H3,(H2,23,25,26). The molecule has 0 saturated carbocycles. The number of hydrogen-bond acceptors (Lipinski definition) is 2. The minimum absolute atomic E-state index is 0.596. The van der Waals surface area contributed by atoms with Gasteiger partial charge in [0.25, 0.3) is 0 Å². The number of nitrogens with zero attached hydrogens (tertiary/aromatic N) is 3. The molecule has 5 heteroatoms. The van der Waals surface area contributed by atoms with Gasteiger partial charge in [-0.2, -0.15) is 0 Å². The lowest BCUT2D eigenvalue weighted by Crippen LogP contribution is -2.38. The van der Waals surface area contributed by atoms with Gasteiger partial charge in [-0.05, 0) is 49.7 Å². The second-order valence-electron chi connectivity index (χ2n) is 7.30. The molecule has 1 heterocycles. The molecule has 0 saturated heterocycles. The molecule has 0 atom stereocenters. The molecule has 0 aliphatic heterocycles. The van der Waals surface area contributed by atoms with Crippen molar-refractivity contribution in [3.63, 3.8) is 0 Å². The van der Waals surface area contributed by atoms with E-state index in [2.05, 4.69) is 63.3 Å². The van der Waals surface area contributed by atoms with Crippen molar-refractivity contribution in [3.05, 3.63) is 53.6 Å². The fourth-order valence-electron chi connectivity index (χ4n) is 3.04. The number of guanidine groups is 1. The predicted molar refractivity (Wildman–Crippen MR) is 114 cm³/mol. The van der Waals surface area contributed by atoms with Gasteiger partial charge in [0.05, 0.1) is 0 Å². The monoisotopic (exact) mass is 369 g/mol. The Morgan fingerprint density at radius 2 is 1.78 bits per heavy atom. The van der Waals surface area contributed by atoms with Gasteiger partial charge < -0.3 is 15.2 Å². The maximum Gasteiger partial charge on any atom is 0.190 e. The number of imidazole rings is 1. The smallest absolute Gasteiger partial charge is 0.190 e. The Morgan fingerprint density at radius 3 is 2.37 bits per heavy atom. The average molecular weight is 370 g/mol. The Hall–Kier alpha value is -2.30. The van der Waals surface area contributed by atoms with Crippen LogP contribution >= 0.6 is 0 Å². The zero-order chi connectivity index (χ0) is 19.5. The molecular formula is C22H35N5. The molecule has 148 valence electrons. The van der Waals surface area contributed by atoms with Crippen molar-refractivity contribution >= 4 is 5.96 Å². The van der Waals surface area contributed by atoms with Crippen LogP contribution in [-0.2, 0) is 13.0 Å². The fourth-order valence-corrected chi connectivity index (χ4v) is 3.04. The van der Waals surface area contributed by atoms with Crippen molar-refractivity contribution in [2.24, 2.45) is 4.99 Å². The Balaban J connectivity index is 1.56. The highest BCUT2D eigenvalue weighted by Gasteiger charge is 2.01. The van der Waals surface area contributed by atoms with Crippen LogP contribution in [0.15, 0.2) is 41.7 Å². The Labute approximate surface area is 164 Å². The lowest BCUT2D eigenvalue weighted by atomic mass is 10.0. The number of nitrogens with one attached hydrogen (secondary N) is 2. The van der Waals surface area contributed by atoms with Crippen LogP contribution in [0.1, 0.15) is 56.0 Å². The quantitative estimate of drug-likeness (QED) is 0.379. The van der Waals surface area contributed by atoms with Crippen LogP contribution in [0.5, 0.6) is 0 Å². The average Bonchev–Trinajstić information content (AvgIpc) is 3.08. The predicted octanol–water partition coefficient (Wildman–Crippen LogP) is 3.89. The molecule has 0 fully saturated rings. The van der Waals surface area contributed by atoms with E-state index in [1.54, 1.807) is 0 Å². The third kappa shape index (κ3) is 7.45. The van der Waals surface area contributed by atoms with E-state index in [-0.39, 0.29) is 0 Å². The van der Waals surface area contributed by atoms with E-state index < -0.39 is 0 Å². The zero-order valence-corrected chi connectivity index (χ0v) is 17.3. The van der Waals surface area contributed by atoms with Gasteiger partial charge in [-0.3, -0.25) is 4.99 Å². The maximum atomic E-state index is 4.30. The van der Waals surface area contributed by atoms with Gasteiger partial charge in [0, 0.05) is 39.1 Å². The molecule has 2 aromatic rings. The first-order chi connectivity index (χ1) is 13.1. The highest BCUT2D eigenvalue weighted by Crippen LogP contribution is 2.15. The van der Waals surface area contributed by atoms with E-state index >= 15 is 0 Å². The summed E-state index contributed by atoms with van der Waals surface area (Å²) in [5.41, 5.74) is 2.81. The number of rotatable bonds is 10. The van der Waals surface area contributed by atoms with Crippen molar-refractivity contribution in [2.45, 2.75) is 58.9 Å². The Morgan fingerprint density at radius 1 is 1.07 bits per heavy atom. The van der Waals surface area contributed by atoms with Crippen LogP contribution < -0.4 is 10.6 Å². The van der Waals surface area contributed by atoms with Crippen molar-refractivity contribution in [2.75, 3.05) is 20.1 Å². The lowest BCUT2D eigenvalue weighted by molar-refractivity contribution is 0.588. The summed E-state index contributed by atoms with van der Waals surface area (Å²) in [4.78, 5) is 8.56. The SMILES string of the molecule is CN=C(NCCCCn1ccnc1C)NCCCc1ccc(C(C)C)cc1. The van der Waals surface area contributed by atoms with Gasteiger partial charge in [-0.25, -0.2) is 4.98 Å². The minimum atomic E-state index is 0.596. The molecule has 0 radical (unpaired) electrons. The molecule has 0 aliphatic carbocycles. The summed E-state index contributed by atoms with van der Waals surface area (Å²) < 4.78 is 2.20. The number of aromatic nitrogens is 2. The third-order valence-electron chi connectivity index (χ3n) is 4.85. The molecule has 0 amide bonds. The van der Waals surface area contributed by atoms with Gasteiger partial charge in [0.1, 0.15) is 5.82 Å². The van der Waals surface area contributed by atoms with Crippen molar-refractivity contribution in [3.8, 4) is 0 Å². The molecule has 27 heavy (non-hydrogen) atoms. The van der Waals surface area contributed by atoms with Crippen LogP contribution in [0.25, 0.3) is 0 Å². The van der Waals surface area contributed by atoms with E-state index in [1.165, 1.54) is 11.1 Å². The van der Waals surface area contributed by atoms with Crippen LogP contribution in [0.4, 0.5) is 0 Å². The van der Waals surface area contributed by atoms with Crippen molar-refractivity contribution < 1.29 is 0 Å². The van der Waals surface area contributed by atoms with Gasteiger partial charge >= 0.3 is 0 Å². The summed E-state index contributed by atoms with van der Waals surface area (Å²) >= 11 is 0. The summed E-state index contributed by atoms with van der Waals surface area (Å²) in [6, 6.07) is 9.01. The van der Waals surface area contributed by atoms with Crippen LogP contribution in [-0.4, -0.2) is 35.6 Å². The first-order valence-electron chi connectivity index (χ1n) is 10.1. The zero-order valence-electron chi connectivity index (χ0n) is 17.3. The molecule has 2 rings (SSSR count). The molecule has 5 nitrogen and oxygen atoms in total. The third-order valence-corrected chi connectivity index (χ3v) is 4.85. The highest BCUT2D eigenvalue weighted by molar-refractivity contribution is 5.79. The number of aliphatic imine (C=N–C) groups is 1. The second kappa shape index (κ2) is 11.4. The van der Waals surface area contributed by atoms with Crippen LogP contribution in [0, 0.1) is 6.92 Å². The van der Waals surface area contributed by atoms with Gasteiger partial charge in [-0.1, -0.05) is 38.1 Å². The van der Waals surface area contributed by atoms with E-state index in [0.717, 1.165) is 57.1 Å². The minimum Gasteiger partial charge on any atom is -0.356 e. The first kappa shape index (κ1) is 21.0. The van der Waals surface area contributed by atoms with Gasteiger partial charge in [0.15, 0.2) is 5.96 Å². The van der Waals surface area contributed by atoms with E-state index in [0.29, 0.717) is 5.92 Å². The molecule has 0 spiro atoms. The molecular weight excluding hydrogens is 334 g/mol. The van der Waals surface area contributed by atoms with E-state index in [9.17, 15) is 0 Å². The van der Waals surface area contributed by atoms with Crippen molar-refractivity contribution in [1.29, 1.82) is 0 Å². The van der Waals surface area contributed by atoms with Gasteiger partial charge in [0.2, 0.25) is 0 Å². The van der Waals surface area contributed by atoms with Crippen molar-refractivity contribution in [1.82, 2.24) is 20.2 Å². The maximum absolute atomic E-state index is 4.30. The highest BCUT2D eigenvalue weighted by atomic mass is 15.2. The molecule has 1 aromatic carbocycles. The topological polar surface area (TPSA) is 54.2 Å². The normalized spacial score (nSPS) is 11.8. The molecule has 0 unspecified atom stereocenters. The Kier molecular flexibility index (Phi) is 8.89. The first-order valence-corrected chi connectivity index (χ1v) is 10.1. The molecule has 0 aliphatic rings. The second-order valence-corrected chi connectivity index (χ2v) is 7.30.